The summed E-state index contributed by atoms with van der Waals surface area (Å²) in [5, 5.41) is 0. The van der Waals surface area contributed by atoms with E-state index in [0.29, 0.717) is 0 Å². The van der Waals surface area contributed by atoms with Gasteiger partial charge in [0.25, 0.3) is 0 Å². The Bertz CT molecular complexity index is 533. The van der Waals surface area contributed by atoms with E-state index in [1.807, 2.05) is 24.4 Å². The summed E-state index contributed by atoms with van der Waals surface area (Å²) in [5.74, 6) is 0. The standard InChI is InChI=1S/C17H17N/c1-3-15-6-8-16(9-7-15)12-13-18-17-10-4-14(2)5-11-17/h3-11,13H,1,12H2,2H3. The fraction of sp³-hybridized carbons (Fsp3) is 0.118. The van der Waals surface area contributed by atoms with Crippen molar-refractivity contribution in [2.75, 3.05) is 0 Å². The minimum Gasteiger partial charge on any atom is -0.261 e. The lowest BCUT2D eigenvalue weighted by Crippen LogP contribution is -1.85. The van der Waals surface area contributed by atoms with Crippen LogP contribution in [0.3, 0.4) is 0 Å². The smallest absolute Gasteiger partial charge is 0.0626 e. The van der Waals surface area contributed by atoms with Crippen LogP contribution in [-0.2, 0) is 6.42 Å². The van der Waals surface area contributed by atoms with Crippen molar-refractivity contribution >= 4 is 18.0 Å². The Hall–Kier alpha value is -2.15. The Labute approximate surface area is 109 Å². The lowest BCUT2D eigenvalue weighted by molar-refractivity contribution is 1.34. The van der Waals surface area contributed by atoms with Gasteiger partial charge in [0.15, 0.2) is 0 Å². The molecule has 2 aromatic rings. The molecule has 0 spiro atoms. The van der Waals surface area contributed by atoms with Gasteiger partial charge in [-0.1, -0.05) is 54.6 Å². The van der Waals surface area contributed by atoms with Crippen LogP contribution in [0.2, 0.25) is 0 Å². The highest BCUT2D eigenvalue weighted by Gasteiger charge is 1.91. The first-order valence-corrected chi connectivity index (χ1v) is 6.08. The summed E-state index contributed by atoms with van der Waals surface area (Å²) in [6.07, 6.45) is 4.66. The third kappa shape index (κ3) is 3.42. The van der Waals surface area contributed by atoms with Crippen molar-refractivity contribution in [3.8, 4) is 0 Å². The maximum absolute atomic E-state index is 4.44. The first-order valence-electron chi connectivity index (χ1n) is 6.08. The van der Waals surface area contributed by atoms with E-state index in [0.717, 1.165) is 17.7 Å². The molecule has 0 heterocycles. The average Bonchev–Trinajstić information content (AvgIpc) is 2.42. The molecular formula is C17H17N. The quantitative estimate of drug-likeness (QED) is 0.688. The Balaban J connectivity index is 1.97. The first kappa shape index (κ1) is 12.3. The molecule has 2 aromatic carbocycles. The number of hydrogen-bond acceptors (Lipinski definition) is 1. The Morgan fingerprint density at radius 3 is 2.28 bits per heavy atom. The summed E-state index contributed by atoms with van der Waals surface area (Å²) < 4.78 is 0. The Kier molecular flexibility index (Phi) is 4.08. The Morgan fingerprint density at radius 1 is 1.00 bits per heavy atom. The summed E-state index contributed by atoms with van der Waals surface area (Å²) in [4.78, 5) is 4.44. The molecule has 0 aromatic heterocycles. The molecule has 90 valence electrons. The zero-order chi connectivity index (χ0) is 12.8. The number of nitrogens with zero attached hydrogens (tertiary/aromatic N) is 1. The topological polar surface area (TPSA) is 12.4 Å². The predicted octanol–water partition coefficient (Wildman–Crippen LogP) is 4.58. The van der Waals surface area contributed by atoms with Gasteiger partial charge in [-0.3, -0.25) is 4.99 Å². The number of hydrogen-bond donors (Lipinski definition) is 0. The normalized spacial score (nSPS) is 10.7. The van der Waals surface area contributed by atoms with Crippen LogP contribution < -0.4 is 0 Å². The van der Waals surface area contributed by atoms with Gasteiger partial charge in [0, 0.05) is 12.6 Å². The number of benzene rings is 2. The van der Waals surface area contributed by atoms with Crippen LogP contribution in [0.1, 0.15) is 16.7 Å². The Morgan fingerprint density at radius 2 is 1.67 bits per heavy atom. The second-order valence-corrected chi connectivity index (χ2v) is 4.30. The largest absolute Gasteiger partial charge is 0.261 e. The second-order valence-electron chi connectivity index (χ2n) is 4.30. The summed E-state index contributed by atoms with van der Waals surface area (Å²) in [7, 11) is 0. The van der Waals surface area contributed by atoms with Gasteiger partial charge in [-0.15, -0.1) is 0 Å². The van der Waals surface area contributed by atoms with Crippen LogP contribution in [0.15, 0.2) is 60.1 Å². The number of aryl methyl sites for hydroxylation is 1. The first-order chi connectivity index (χ1) is 8.78. The maximum Gasteiger partial charge on any atom is 0.0626 e. The van der Waals surface area contributed by atoms with Gasteiger partial charge in [-0.2, -0.15) is 0 Å². The molecule has 0 atom stereocenters. The van der Waals surface area contributed by atoms with E-state index in [4.69, 9.17) is 0 Å². The highest BCUT2D eigenvalue weighted by atomic mass is 14.7. The van der Waals surface area contributed by atoms with Crippen molar-refractivity contribution in [1.82, 2.24) is 0 Å². The molecule has 0 aliphatic heterocycles. The third-order valence-corrected chi connectivity index (χ3v) is 2.82. The fourth-order valence-electron chi connectivity index (χ4n) is 1.68. The molecule has 0 bridgehead atoms. The molecule has 0 aliphatic carbocycles. The van der Waals surface area contributed by atoms with Crippen molar-refractivity contribution < 1.29 is 0 Å². The predicted molar refractivity (Wildman–Crippen MR) is 79.6 cm³/mol. The highest BCUT2D eigenvalue weighted by molar-refractivity contribution is 5.66. The van der Waals surface area contributed by atoms with E-state index >= 15 is 0 Å². The lowest BCUT2D eigenvalue weighted by atomic mass is 10.1. The molecule has 0 unspecified atom stereocenters. The molecule has 1 heteroatoms. The van der Waals surface area contributed by atoms with E-state index in [2.05, 4.69) is 54.9 Å². The third-order valence-electron chi connectivity index (χ3n) is 2.82. The molecule has 0 N–H and O–H groups in total. The van der Waals surface area contributed by atoms with E-state index in [1.54, 1.807) is 0 Å². The van der Waals surface area contributed by atoms with E-state index in [9.17, 15) is 0 Å². The van der Waals surface area contributed by atoms with Crippen LogP contribution in [-0.4, -0.2) is 6.21 Å². The van der Waals surface area contributed by atoms with Crippen LogP contribution in [0.5, 0.6) is 0 Å². The second kappa shape index (κ2) is 5.97. The van der Waals surface area contributed by atoms with Crippen molar-refractivity contribution in [3.05, 3.63) is 71.8 Å². The van der Waals surface area contributed by atoms with Gasteiger partial charge < -0.3 is 0 Å². The zero-order valence-corrected chi connectivity index (χ0v) is 10.6. The van der Waals surface area contributed by atoms with Gasteiger partial charge in [0.05, 0.1) is 5.69 Å². The van der Waals surface area contributed by atoms with Crippen LogP contribution >= 0.6 is 0 Å². The summed E-state index contributed by atoms with van der Waals surface area (Å²) in [5.41, 5.74) is 4.67. The average molecular weight is 235 g/mol. The summed E-state index contributed by atoms with van der Waals surface area (Å²) in [6, 6.07) is 16.6. The van der Waals surface area contributed by atoms with Crippen LogP contribution in [0.4, 0.5) is 5.69 Å². The molecule has 0 amide bonds. The zero-order valence-electron chi connectivity index (χ0n) is 10.6. The van der Waals surface area contributed by atoms with Gasteiger partial charge in [-0.05, 0) is 30.2 Å². The molecule has 18 heavy (non-hydrogen) atoms. The molecule has 2 rings (SSSR count). The summed E-state index contributed by atoms with van der Waals surface area (Å²) >= 11 is 0. The molecular weight excluding hydrogens is 218 g/mol. The van der Waals surface area contributed by atoms with Crippen LogP contribution in [0, 0.1) is 6.92 Å². The van der Waals surface area contributed by atoms with Gasteiger partial charge >= 0.3 is 0 Å². The molecule has 0 aliphatic rings. The molecule has 1 nitrogen and oxygen atoms in total. The number of rotatable bonds is 4. The van der Waals surface area contributed by atoms with Crippen molar-refractivity contribution in [1.29, 1.82) is 0 Å². The van der Waals surface area contributed by atoms with Crippen molar-refractivity contribution in [2.45, 2.75) is 13.3 Å². The number of aliphatic imine (C=N–C) groups is 1. The van der Waals surface area contributed by atoms with Crippen molar-refractivity contribution in [3.63, 3.8) is 0 Å². The SMILES string of the molecule is C=Cc1ccc(CC=Nc2ccc(C)cc2)cc1. The van der Waals surface area contributed by atoms with Gasteiger partial charge in [0.1, 0.15) is 0 Å². The molecule has 0 saturated heterocycles. The highest BCUT2D eigenvalue weighted by Crippen LogP contribution is 2.12. The summed E-state index contributed by atoms with van der Waals surface area (Å²) in [6.45, 7) is 5.82. The van der Waals surface area contributed by atoms with E-state index < -0.39 is 0 Å². The maximum atomic E-state index is 4.44. The van der Waals surface area contributed by atoms with Gasteiger partial charge in [0.2, 0.25) is 0 Å². The van der Waals surface area contributed by atoms with E-state index in [-0.39, 0.29) is 0 Å². The molecule has 0 radical (unpaired) electrons. The van der Waals surface area contributed by atoms with Gasteiger partial charge in [-0.25, -0.2) is 0 Å². The minimum absolute atomic E-state index is 0.852. The van der Waals surface area contributed by atoms with Crippen molar-refractivity contribution in [2.24, 2.45) is 4.99 Å². The molecule has 0 saturated carbocycles. The minimum atomic E-state index is 0.852. The fourth-order valence-corrected chi connectivity index (χ4v) is 1.68. The monoisotopic (exact) mass is 235 g/mol. The molecule has 0 fully saturated rings. The lowest BCUT2D eigenvalue weighted by Gasteiger charge is -1.98. The van der Waals surface area contributed by atoms with Crippen LogP contribution in [0.25, 0.3) is 6.08 Å². The van der Waals surface area contributed by atoms with E-state index in [1.165, 1.54) is 11.1 Å².